The summed E-state index contributed by atoms with van der Waals surface area (Å²) in [4.78, 5) is 0. The second-order valence-corrected chi connectivity index (χ2v) is 6.98. The summed E-state index contributed by atoms with van der Waals surface area (Å²) in [5, 5.41) is 9.11. The van der Waals surface area contributed by atoms with Gasteiger partial charge in [-0.1, -0.05) is 45.7 Å². The van der Waals surface area contributed by atoms with Crippen LogP contribution in [0, 0.1) is 6.92 Å². The normalized spacial score (nSPS) is 13.0. The molecule has 1 aliphatic rings. The van der Waals surface area contributed by atoms with Crippen LogP contribution in [0.4, 0.5) is 5.82 Å². The molecule has 0 aliphatic carbocycles. The average molecular weight is 389 g/mol. The molecule has 0 atom stereocenters. The summed E-state index contributed by atoms with van der Waals surface area (Å²) >= 11 is 9.84. The third-order valence-electron chi connectivity index (χ3n) is 4.22. The highest BCUT2D eigenvalue weighted by molar-refractivity contribution is 9.10. The molecule has 3 nitrogen and oxygen atoms in total. The van der Waals surface area contributed by atoms with Gasteiger partial charge in [0, 0.05) is 27.2 Å². The molecule has 2 heterocycles. The second-order valence-electron chi connectivity index (χ2n) is 5.66. The summed E-state index contributed by atoms with van der Waals surface area (Å²) in [6, 6.07) is 14.2. The van der Waals surface area contributed by atoms with Gasteiger partial charge >= 0.3 is 0 Å². The van der Waals surface area contributed by atoms with Crippen LogP contribution in [-0.2, 0) is 6.42 Å². The number of rotatable bonds is 2. The third-order valence-corrected chi connectivity index (χ3v) is 5.12. The predicted octanol–water partition coefficient (Wildman–Crippen LogP) is 5.23. The average Bonchev–Trinajstić information content (AvgIpc) is 3.12. The minimum atomic E-state index is 0.758. The van der Waals surface area contributed by atoms with Crippen LogP contribution in [0.3, 0.4) is 0 Å². The number of hydrogen-bond donors (Lipinski definition) is 1. The van der Waals surface area contributed by atoms with Crippen LogP contribution in [0.25, 0.3) is 16.9 Å². The SMILES string of the molecule is Cc1c(Cl)cccc1-n1nc(-c2cccc(Br)c2)c2c1NCC2. The van der Waals surface area contributed by atoms with E-state index in [-0.39, 0.29) is 0 Å². The van der Waals surface area contributed by atoms with E-state index in [0.717, 1.165) is 50.8 Å². The summed E-state index contributed by atoms with van der Waals surface area (Å²) in [5.74, 6) is 1.07. The standard InChI is InChI=1S/C18H15BrClN3/c1-11-15(20)6-3-7-16(11)23-18-14(8-9-21-18)17(22-23)12-4-2-5-13(19)10-12/h2-7,10,21H,8-9H2,1H3. The van der Waals surface area contributed by atoms with Gasteiger partial charge in [-0.2, -0.15) is 5.10 Å². The van der Waals surface area contributed by atoms with Crippen molar-refractivity contribution in [2.24, 2.45) is 0 Å². The van der Waals surface area contributed by atoms with Crippen LogP contribution >= 0.6 is 27.5 Å². The zero-order valence-electron chi connectivity index (χ0n) is 12.6. The molecule has 0 saturated heterocycles. The van der Waals surface area contributed by atoms with E-state index in [1.807, 2.05) is 35.9 Å². The minimum Gasteiger partial charge on any atom is -0.369 e. The lowest BCUT2D eigenvalue weighted by Gasteiger charge is -2.10. The Morgan fingerprint density at radius 1 is 1.22 bits per heavy atom. The number of nitrogens with one attached hydrogen (secondary N) is 1. The van der Waals surface area contributed by atoms with Gasteiger partial charge in [-0.05, 0) is 43.2 Å². The topological polar surface area (TPSA) is 29.9 Å². The molecule has 0 unspecified atom stereocenters. The number of anilines is 1. The maximum atomic E-state index is 6.29. The maximum Gasteiger partial charge on any atom is 0.133 e. The van der Waals surface area contributed by atoms with Gasteiger partial charge in [-0.3, -0.25) is 0 Å². The third kappa shape index (κ3) is 2.46. The molecule has 4 rings (SSSR count). The largest absolute Gasteiger partial charge is 0.369 e. The maximum absolute atomic E-state index is 6.29. The van der Waals surface area contributed by atoms with Crippen molar-refractivity contribution in [1.82, 2.24) is 9.78 Å². The van der Waals surface area contributed by atoms with E-state index in [9.17, 15) is 0 Å². The first-order chi connectivity index (χ1) is 11.1. The van der Waals surface area contributed by atoms with Crippen LogP contribution in [-0.4, -0.2) is 16.3 Å². The van der Waals surface area contributed by atoms with E-state index in [4.69, 9.17) is 16.7 Å². The monoisotopic (exact) mass is 387 g/mol. The van der Waals surface area contributed by atoms with Gasteiger partial charge in [0.2, 0.25) is 0 Å². The fourth-order valence-electron chi connectivity index (χ4n) is 3.04. The molecular weight excluding hydrogens is 374 g/mol. The molecule has 3 aromatic rings. The van der Waals surface area contributed by atoms with Crippen LogP contribution in [0.15, 0.2) is 46.9 Å². The van der Waals surface area contributed by atoms with Gasteiger partial charge in [0.05, 0.1) is 11.4 Å². The smallest absolute Gasteiger partial charge is 0.133 e. The summed E-state index contributed by atoms with van der Waals surface area (Å²) in [6.45, 7) is 2.97. The summed E-state index contributed by atoms with van der Waals surface area (Å²) in [5.41, 5.74) is 5.48. The van der Waals surface area contributed by atoms with Crippen molar-refractivity contribution >= 4 is 33.3 Å². The highest BCUT2D eigenvalue weighted by Gasteiger charge is 2.24. The van der Waals surface area contributed by atoms with E-state index >= 15 is 0 Å². The fourth-order valence-corrected chi connectivity index (χ4v) is 3.61. The Bertz CT molecular complexity index is 901. The summed E-state index contributed by atoms with van der Waals surface area (Å²) in [7, 11) is 0. The molecule has 0 fully saturated rings. The van der Waals surface area contributed by atoms with E-state index in [2.05, 4.69) is 39.4 Å². The summed E-state index contributed by atoms with van der Waals surface area (Å²) < 4.78 is 3.04. The molecule has 0 bridgehead atoms. The van der Waals surface area contributed by atoms with Crippen molar-refractivity contribution in [3.63, 3.8) is 0 Å². The van der Waals surface area contributed by atoms with Crippen LogP contribution in [0.5, 0.6) is 0 Å². The van der Waals surface area contributed by atoms with Crippen molar-refractivity contribution in [2.75, 3.05) is 11.9 Å². The second kappa shape index (κ2) is 5.69. The molecule has 0 amide bonds. The van der Waals surface area contributed by atoms with Crippen molar-refractivity contribution in [1.29, 1.82) is 0 Å². The highest BCUT2D eigenvalue weighted by Crippen LogP contribution is 2.36. The van der Waals surface area contributed by atoms with Crippen molar-refractivity contribution in [2.45, 2.75) is 13.3 Å². The van der Waals surface area contributed by atoms with E-state index in [1.54, 1.807) is 0 Å². The molecular formula is C18H15BrClN3. The van der Waals surface area contributed by atoms with E-state index in [0.29, 0.717) is 0 Å². The zero-order valence-corrected chi connectivity index (χ0v) is 14.9. The van der Waals surface area contributed by atoms with Crippen molar-refractivity contribution in [3.05, 3.63) is 63.1 Å². The van der Waals surface area contributed by atoms with Crippen LogP contribution < -0.4 is 5.32 Å². The summed E-state index contributed by atoms with van der Waals surface area (Å²) in [6.07, 6.45) is 0.983. The Hall–Kier alpha value is -1.78. The Balaban J connectivity index is 1.93. The number of fused-ring (bicyclic) bond motifs is 1. The Morgan fingerprint density at radius 2 is 2.04 bits per heavy atom. The Labute approximate surface area is 148 Å². The number of halogens is 2. The van der Waals surface area contributed by atoms with Gasteiger partial charge in [0.1, 0.15) is 5.82 Å². The lowest BCUT2D eigenvalue weighted by Crippen LogP contribution is -2.05. The molecule has 0 spiro atoms. The minimum absolute atomic E-state index is 0.758. The lowest BCUT2D eigenvalue weighted by molar-refractivity contribution is 0.875. The van der Waals surface area contributed by atoms with Gasteiger partial charge in [0.25, 0.3) is 0 Å². The van der Waals surface area contributed by atoms with Gasteiger partial charge in [-0.15, -0.1) is 0 Å². The molecule has 0 saturated carbocycles. The van der Waals surface area contributed by atoms with Crippen molar-refractivity contribution < 1.29 is 0 Å². The molecule has 23 heavy (non-hydrogen) atoms. The zero-order chi connectivity index (χ0) is 16.0. The molecule has 1 N–H and O–H groups in total. The fraction of sp³-hybridized carbons (Fsp3) is 0.167. The molecule has 2 aromatic carbocycles. The number of benzene rings is 2. The molecule has 1 aromatic heterocycles. The number of nitrogens with zero attached hydrogens (tertiary/aromatic N) is 2. The highest BCUT2D eigenvalue weighted by atomic mass is 79.9. The Kier molecular flexibility index (Phi) is 3.66. The van der Waals surface area contributed by atoms with Gasteiger partial charge in [-0.25, -0.2) is 4.68 Å². The van der Waals surface area contributed by atoms with Crippen LogP contribution in [0.1, 0.15) is 11.1 Å². The molecule has 1 aliphatic heterocycles. The first-order valence-electron chi connectivity index (χ1n) is 7.52. The first kappa shape index (κ1) is 14.8. The van der Waals surface area contributed by atoms with E-state index in [1.165, 1.54) is 5.56 Å². The van der Waals surface area contributed by atoms with Crippen LogP contribution in [0.2, 0.25) is 5.02 Å². The Morgan fingerprint density at radius 3 is 2.87 bits per heavy atom. The molecule has 5 heteroatoms. The lowest BCUT2D eigenvalue weighted by atomic mass is 10.1. The van der Waals surface area contributed by atoms with Gasteiger partial charge < -0.3 is 5.32 Å². The molecule has 0 radical (unpaired) electrons. The first-order valence-corrected chi connectivity index (χ1v) is 8.69. The number of hydrogen-bond acceptors (Lipinski definition) is 2. The van der Waals surface area contributed by atoms with E-state index < -0.39 is 0 Å². The van der Waals surface area contributed by atoms with Gasteiger partial charge in [0.15, 0.2) is 0 Å². The quantitative estimate of drug-likeness (QED) is 0.651. The van der Waals surface area contributed by atoms with Crippen molar-refractivity contribution in [3.8, 4) is 16.9 Å². The number of aromatic nitrogens is 2. The predicted molar refractivity (Wildman–Crippen MR) is 98.6 cm³/mol. The molecule has 116 valence electrons.